The maximum atomic E-state index is 13.0. The third-order valence-corrected chi connectivity index (χ3v) is 4.35. The van der Waals surface area contributed by atoms with Gasteiger partial charge in [-0.15, -0.1) is 0 Å². The molecule has 1 fully saturated rings. The molecule has 1 saturated heterocycles. The van der Waals surface area contributed by atoms with Crippen LogP contribution in [0.1, 0.15) is 23.7 Å². The van der Waals surface area contributed by atoms with E-state index in [2.05, 4.69) is 9.80 Å². The number of nitrogens with zero attached hydrogens (tertiary/aromatic N) is 2. The number of rotatable bonds is 4. The predicted octanol–water partition coefficient (Wildman–Crippen LogP) is 3.75. The van der Waals surface area contributed by atoms with Crippen molar-refractivity contribution in [2.24, 2.45) is 0 Å². The van der Waals surface area contributed by atoms with E-state index < -0.39 is 0 Å². The van der Waals surface area contributed by atoms with Crippen molar-refractivity contribution in [3.05, 3.63) is 59.9 Å². The second kappa shape index (κ2) is 6.82. The van der Waals surface area contributed by atoms with Gasteiger partial charge in [-0.2, -0.15) is 0 Å². The Hall–Kier alpha value is -2.36. The molecule has 0 amide bonds. The van der Waals surface area contributed by atoms with E-state index in [1.807, 2.05) is 43.3 Å². The molecule has 0 bridgehead atoms. The zero-order valence-electron chi connectivity index (χ0n) is 13.3. The number of anilines is 2. The molecule has 1 heterocycles. The summed E-state index contributed by atoms with van der Waals surface area (Å²) in [6.07, 6.45) is 0.537. The molecule has 0 atom stereocenters. The first-order chi connectivity index (χ1) is 11.2. The number of carbonyl (C=O) groups is 1. The quantitative estimate of drug-likeness (QED) is 0.804. The monoisotopic (exact) mass is 312 g/mol. The maximum Gasteiger partial charge on any atom is 0.162 e. The predicted molar refractivity (Wildman–Crippen MR) is 91.9 cm³/mol. The topological polar surface area (TPSA) is 23.6 Å². The van der Waals surface area contributed by atoms with Crippen LogP contribution in [0.2, 0.25) is 0 Å². The van der Waals surface area contributed by atoms with Gasteiger partial charge >= 0.3 is 0 Å². The molecule has 2 aromatic rings. The van der Waals surface area contributed by atoms with Crippen molar-refractivity contribution < 1.29 is 9.18 Å². The molecule has 2 aromatic carbocycles. The van der Waals surface area contributed by atoms with E-state index in [0.717, 1.165) is 43.1 Å². The molecule has 3 rings (SSSR count). The minimum absolute atomic E-state index is 0.178. The minimum Gasteiger partial charge on any atom is -0.368 e. The first kappa shape index (κ1) is 15.5. The number of halogens is 1. The van der Waals surface area contributed by atoms with Crippen molar-refractivity contribution >= 4 is 17.2 Å². The highest BCUT2D eigenvalue weighted by atomic mass is 19.1. The first-order valence-electron chi connectivity index (χ1n) is 8.06. The highest BCUT2D eigenvalue weighted by Gasteiger charge is 2.17. The number of Topliss-reactive ketones (excluding diaryl/α,β-unsaturated/α-hetero) is 1. The number of ketones is 1. The summed E-state index contributed by atoms with van der Waals surface area (Å²) in [4.78, 5) is 16.3. The average Bonchev–Trinajstić information content (AvgIpc) is 2.62. The van der Waals surface area contributed by atoms with E-state index in [1.54, 1.807) is 0 Å². The van der Waals surface area contributed by atoms with Crippen molar-refractivity contribution in [3.63, 3.8) is 0 Å². The van der Waals surface area contributed by atoms with E-state index in [9.17, 15) is 9.18 Å². The molecule has 0 radical (unpaired) electrons. The van der Waals surface area contributed by atoms with Crippen LogP contribution < -0.4 is 9.80 Å². The first-order valence-corrected chi connectivity index (χ1v) is 8.06. The van der Waals surface area contributed by atoms with Crippen LogP contribution in [-0.2, 0) is 0 Å². The molecule has 0 N–H and O–H groups in total. The Morgan fingerprint density at radius 1 is 0.870 bits per heavy atom. The molecule has 0 spiro atoms. The van der Waals surface area contributed by atoms with Gasteiger partial charge in [0.15, 0.2) is 5.78 Å². The number of carbonyl (C=O) groups excluding carboxylic acids is 1. The molecule has 1 aliphatic rings. The smallest absolute Gasteiger partial charge is 0.162 e. The molecule has 3 nitrogen and oxygen atoms in total. The summed E-state index contributed by atoms with van der Waals surface area (Å²) in [6, 6.07) is 14.5. The van der Waals surface area contributed by atoms with Gasteiger partial charge in [0.2, 0.25) is 0 Å². The van der Waals surface area contributed by atoms with Gasteiger partial charge in [-0.1, -0.05) is 6.92 Å². The van der Waals surface area contributed by atoms with Crippen LogP contribution in [0.15, 0.2) is 48.5 Å². The standard InChI is InChI=1S/C19H21FN2O/c1-2-19(23)15-3-7-17(8-4-15)21-11-13-22(14-12-21)18-9-5-16(20)6-10-18/h3-10H,2,11-14H2,1H3. The fourth-order valence-electron chi connectivity index (χ4n) is 2.94. The van der Waals surface area contributed by atoms with E-state index >= 15 is 0 Å². The fourth-order valence-corrected chi connectivity index (χ4v) is 2.94. The van der Waals surface area contributed by atoms with Crippen LogP contribution in [0.4, 0.5) is 15.8 Å². The lowest BCUT2D eigenvalue weighted by atomic mass is 10.1. The molecule has 0 unspecified atom stereocenters. The summed E-state index contributed by atoms with van der Waals surface area (Å²) in [5.41, 5.74) is 2.99. The van der Waals surface area contributed by atoms with E-state index in [4.69, 9.17) is 0 Å². The van der Waals surface area contributed by atoms with E-state index in [1.165, 1.54) is 12.1 Å². The van der Waals surface area contributed by atoms with Crippen LogP contribution in [-0.4, -0.2) is 32.0 Å². The highest BCUT2D eigenvalue weighted by Crippen LogP contribution is 2.21. The third-order valence-electron chi connectivity index (χ3n) is 4.35. The van der Waals surface area contributed by atoms with Gasteiger partial charge in [-0.05, 0) is 48.5 Å². The number of benzene rings is 2. The average molecular weight is 312 g/mol. The fraction of sp³-hybridized carbons (Fsp3) is 0.316. The highest BCUT2D eigenvalue weighted by molar-refractivity contribution is 5.96. The Kier molecular flexibility index (Phi) is 4.60. The van der Waals surface area contributed by atoms with Gasteiger partial charge in [0.1, 0.15) is 5.82 Å². The summed E-state index contributed by atoms with van der Waals surface area (Å²) in [6.45, 7) is 5.52. The summed E-state index contributed by atoms with van der Waals surface area (Å²) in [5, 5.41) is 0. The number of piperazine rings is 1. The second-order valence-electron chi connectivity index (χ2n) is 5.77. The SMILES string of the molecule is CCC(=O)c1ccc(N2CCN(c3ccc(F)cc3)CC2)cc1. The van der Waals surface area contributed by atoms with Crippen molar-refractivity contribution in [1.29, 1.82) is 0 Å². The van der Waals surface area contributed by atoms with Gasteiger partial charge in [-0.3, -0.25) is 4.79 Å². The lowest BCUT2D eigenvalue weighted by Crippen LogP contribution is -2.46. The summed E-state index contributed by atoms with van der Waals surface area (Å²) in [5.74, 6) is -0.0215. The zero-order valence-corrected chi connectivity index (χ0v) is 13.3. The molecule has 1 aliphatic heterocycles. The molecular formula is C19H21FN2O. The lowest BCUT2D eigenvalue weighted by Gasteiger charge is -2.37. The van der Waals surface area contributed by atoms with Crippen molar-refractivity contribution in [3.8, 4) is 0 Å². The van der Waals surface area contributed by atoms with E-state index in [-0.39, 0.29) is 11.6 Å². The molecule has 0 saturated carbocycles. The van der Waals surface area contributed by atoms with Crippen molar-refractivity contribution in [1.82, 2.24) is 0 Å². The number of hydrogen-bond donors (Lipinski definition) is 0. The van der Waals surface area contributed by atoms with Gasteiger partial charge in [0, 0.05) is 49.5 Å². The molecule has 23 heavy (non-hydrogen) atoms. The Bertz CT molecular complexity index is 659. The third kappa shape index (κ3) is 3.52. The summed E-state index contributed by atoms with van der Waals surface area (Å²) >= 11 is 0. The molecule has 0 aromatic heterocycles. The second-order valence-corrected chi connectivity index (χ2v) is 5.77. The molecule has 4 heteroatoms. The minimum atomic E-state index is -0.200. The molecular weight excluding hydrogens is 291 g/mol. The van der Waals surface area contributed by atoms with Crippen LogP contribution >= 0.6 is 0 Å². The molecule has 0 aliphatic carbocycles. The van der Waals surface area contributed by atoms with Crippen LogP contribution in [0.5, 0.6) is 0 Å². The van der Waals surface area contributed by atoms with Crippen molar-refractivity contribution in [2.75, 3.05) is 36.0 Å². The Labute approximate surface area is 136 Å². The van der Waals surface area contributed by atoms with E-state index in [0.29, 0.717) is 6.42 Å². The number of hydrogen-bond acceptors (Lipinski definition) is 3. The maximum absolute atomic E-state index is 13.0. The lowest BCUT2D eigenvalue weighted by molar-refractivity contribution is 0.0988. The van der Waals surface area contributed by atoms with Gasteiger partial charge in [0.25, 0.3) is 0 Å². The Balaban J connectivity index is 1.62. The Morgan fingerprint density at radius 2 is 1.30 bits per heavy atom. The van der Waals surface area contributed by atoms with Gasteiger partial charge in [-0.25, -0.2) is 4.39 Å². The largest absolute Gasteiger partial charge is 0.368 e. The van der Waals surface area contributed by atoms with Crippen molar-refractivity contribution in [2.45, 2.75) is 13.3 Å². The van der Waals surface area contributed by atoms with Gasteiger partial charge < -0.3 is 9.80 Å². The Morgan fingerprint density at radius 3 is 1.74 bits per heavy atom. The normalized spacial score (nSPS) is 14.9. The summed E-state index contributed by atoms with van der Waals surface area (Å²) in [7, 11) is 0. The van der Waals surface area contributed by atoms with Crippen LogP contribution in [0.25, 0.3) is 0 Å². The van der Waals surface area contributed by atoms with Crippen LogP contribution in [0, 0.1) is 5.82 Å². The van der Waals surface area contributed by atoms with Crippen LogP contribution in [0.3, 0.4) is 0 Å². The zero-order chi connectivity index (χ0) is 16.2. The molecule has 120 valence electrons. The van der Waals surface area contributed by atoms with Gasteiger partial charge in [0.05, 0.1) is 0 Å². The summed E-state index contributed by atoms with van der Waals surface area (Å²) < 4.78 is 13.0.